The molecule has 1 fully saturated rings. The van der Waals surface area contributed by atoms with Gasteiger partial charge < -0.3 is 15.4 Å². The first-order valence-electron chi connectivity index (χ1n) is 10.0. The van der Waals surface area contributed by atoms with E-state index >= 15 is 0 Å². The number of guanidine groups is 1. The molecule has 2 N–H and O–H groups in total. The van der Waals surface area contributed by atoms with Crippen LogP contribution >= 0.6 is 11.3 Å². The van der Waals surface area contributed by atoms with Gasteiger partial charge in [0.25, 0.3) is 0 Å². The molecule has 1 aliphatic rings. The molecule has 152 valence electrons. The summed E-state index contributed by atoms with van der Waals surface area (Å²) in [6.07, 6.45) is 3.96. The molecule has 1 aromatic carbocycles. The number of nitrogens with one attached hydrogen (secondary N) is 2. The van der Waals surface area contributed by atoms with E-state index in [0.717, 1.165) is 64.7 Å². The second-order valence-electron chi connectivity index (χ2n) is 6.88. The van der Waals surface area contributed by atoms with Crippen molar-refractivity contribution in [3.63, 3.8) is 0 Å². The molecule has 0 saturated carbocycles. The zero-order valence-corrected chi connectivity index (χ0v) is 17.7. The Hall–Kier alpha value is -1.96. The fraction of sp³-hybridized carbons (Fsp3) is 0.524. The molecule has 2 aromatic rings. The molecule has 0 atom stereocenters. The highest BCUT2D eigenvalue weighted by Gasteiger charge is 2.10. The SMILES string of the molecule is CCc1cnc(CCNC(=NC)NCc2ccc(CN3CCOCC3)cc2)s1. The lowest BCUT2D eigenvalue weighted by molar-refractivity contribution is 0.0342. The van der Waals surface area contributed by atoms with Crippen LogP contribution in [0.15, 0.2) is 35.5 Å². The zero-order chi connectivity index (χ0) is 19.6. The van der Waals surface area contributed by atoms with Crippen LogP contribution in [0.5, 0.6) is 0 Å². The Morgan fingerprint density at radius 1 is 1.18 bits per heavy atom. The summed E-state index contributed by atoms with van der Waals surface area (Å²) >= 11 is 1.79. The Balaban J connectivity index is 1.39. The highest BCUT2D eigenvalue weighted by atomic mass is 32.1. The van der Waals surface area contributed by atoms with Gasteiger partial charge in [-0.2, -0.15) is 0 Å². The first-order chi connectivity index (χ1) is 13.8. The van der Waals surface area contributed by atoms with Gasteiger partial charge in [-0.1, -0.05) is 31.2 Å². The maximum Gasteiger partial charge on any atom is 0.191 e. The summed E-state index contributed by atoms with van der Waals surface area (Å²) < 4.78 is 5.41. The average molecular weight is 402 g/mol. The van der Waals surface area contributed by atoms with Crippen LogP contribution in [0.1, 0.15) is 27.9 Å². The Kier molecular flexibility index (Phi) is 8.26. The number of aryl methyl sites for hydroxylation is 1. The van der Waals surface area contributed by atoms with Crippen LogP contribution in [0.2, 0.25) is 0 Å². The molecule has 1 saturated heterocycles. The molecule has 0 unspecified atom stereocenters. The average Bonchev–Trinajstić information content (AvgIpc) is 3.20. The lowest BCUT2D eigenvalue weighted by Gasteiger charge is -2.26. The minimum Gasteiger partial charge on any atom is -0.379 e. The van der Waals surface area contributed by atoms with Gasteiger partial charge in [0.2, 0.25) is 0 Å². The predicted octanol–water partition coefficient (Wildman–Crippen LogP) is 2.45. The van der Waals surface area contributed by atoms with E-state index in [1.165, 1.54) is 21.0 Å². The van der Waals surface area contributed by atoms with E-state index in [4.69, 9.17) is 4.74 Å². The van der Waals surface area contributed by atoms with Gasteiger partial charge in [-0.15, -0.1) is 11.3 Å². The van der Waals surface area contributed by atoms with Gasteiger partial charge in [0.1, 0.15) is 0 Å². The van der Waals surface area contributed by atoms with E-state index in [9.17, 15) is 0 Å². The zero-order valence-electron chi connectivity index (χ0n) is 16.9. The molecule has 6 nitrogen and oxygen atoms in total. The number of hydrogen-bond donors (Lipinski definition) is 2. The summed E-state index contributed by atoms with van der Waals surface area (Å²) in [5.41, 5.74) is 2.60. The van der Waals surface area contributed by atoms with Crippen LogP contribution in [-0.4, -0.2) is 55.7 Å². The van der Waals surface area contributed by atoms with E-state index < -0.39 is 0 Å². The maximum absolute atomic E-state index is 5.41. The Labute approximate surface area is 172 Å². The summed E-state index contributed by atoms with van der Waals surface area (Å²) in [4.78, 5) is 12.6. The standard InChI is InChI=1S/C21H31N5OS/c1-3-19-15-24-20(28-19)8-9-23-21(22-2)25-14-17-4-6-18(7-5-17)16-26-10-12-27-13-11-26/h4-7,15H,3,8-14,16H2,1-2H3,(H2,22,23,25). The van der Waals surface area contributed by atoms with Crippen molar-refractivity contribution in [2.45, 2.75) is 32.9 Å². The topological polar surface area (TPSA) is 61.8 Å². The molecule has 0 radical (unpaired) electrons. The van der Waals surface area contributed by atoms with Gasteiger partial charge in [-0.25, -0.2) is 4.98 Å². The van der Waals surface area contributed by atoms with Gasteiger partial charge in [-0.05, 0) is 17.5 Å². The molecular formula is C21H31N5OS. The minimum absolute atomic E-state index is 0.759. The highest BCUT2D eigenvalue weighted by molar-refractivity contribution is 7.11. The summed E-state index contributed by atoms with van der Waals surface area (Å²) in [6, 6.07) is 8.82. The molecule has 0 spiro atoms. The van der Waals surface area contributed by atoms with Gasteiger partial charge in [0.05, 0.1) is 18.2 Å². The third-order valence-electron chi connectivity index (χ3n) is 4.80. The largest absolute Gasteiger partial charge is 0.379 e. The first kappa shape index (κ1) is 20.8. The van der Waals surface area contributed by atoms with Crippen LogP contribution in [0.25, 0.3) is 0 Å². The Morgan fingerprint density at radius 2 is 1.93 bits per heavy atom. The molecule has 1 aliphatic heterocycles. The number of thiazole rings is 1. The smallest absolute Gasteiger partial charge is 0.191 e. The fourth-order valence-corrected chi connectivity index (χ4v) is 3.96. The number of aromatic nitrogens is 1. The second-order valence-corrected chi connectivity index (χ2v) is 8.08. The lowest BCUT2D eigenvalue weighted by atomic mass is 10.1. The minimum atomic E-state index is 0.759. The van der Waals surface area contributed by atoms with Crippen molar-refractivity contribution in [1.82, 2.24) is 20.5 Å². The molecule has 0 aliphatic carbocycles. The monoisotopic (exact) mass is 401 g/mol. The van der Waals surface area contributed by atoms with Crippen molar-refractivity contribution in [2.75, 3.05) is 39.9 Å². The summed E-state index contributed by atoms with van der Waals surface area (Å²) in [6.45, 7) is 8.47. The van der Waals surface area contributed by atoms with Crippen molar-refractivity contribution >= 4 is 17.3 Å². The number of aliphatic imine (C=N–C) groups is 1. The van der Waals surface area contributed by atoms with Crippen LogP contribution in [-0.2, 0) is 30.7 Å². The van der Waals surface area contributed by atoms with E-state index in [1.807, 2.05) is 6.20 Å². The molecule has 0 bridgehead atoms. The summed E-state index contributed by atoms with van der Waals surface area (Å²) in [5, 5.41) is 7.93. The van der Waals surface area contributed by atoms with Crippen molar-refractivity contribution in [3.05, 3.63) is 51.5 Å². The highest BCUT2D eigenvalue weighted by Crippen LogP contribution is 2.13. The van der Waals surface area contributed by atoms with Crippen LogP contribution in [0.3, 0.4) is 0 Å². The lowest BCUT2D eigenvalue weighted by Crippen LogP contribution is -2.37. The van der Waals surface area contributed by atoms with Gasteiger partial charge >= 0.3 is 0 Å². The quantitative estimate of drug-likeness (QED) is 0.526. The summed E-state index contributed by atoms with van der Waals surface area (Å²) in [5.74, 6) is 0.824. The van der Waals surface area contributed by atoms with E-state index in [-0.39, 0.29) is 0 Å². The summed E-state index contributed by atoms with van der Waals surface area (Å²) in [7, 11) is 1.80. The number of hydrogen-bond acceptors (Lipinski definition) is 5. The number of ether oxygens (including phenoxy) is 1. The third kappa shape index (κ3) is 6.58. The van der Waals surface area contributed by atoms with Gasteiger partial charge in [0, 0.05) is 57.3 Å². The van der Waals surface area contributed by atoms with Crippen LogP contribution in [0, 0.1) is 0 Å². The van der Waals surface area contributed by atoms with E-state index in [0.29, 0.717) is 0 Å². The van der Waals surface area contributed by atoms with E-state index in [2.05, 4.69) is 56.7 Å². The molecule has 1 aromatic heterocycles. The molecule has 7 heteroatoms. The Morgan fingerprint density at radius 3 is 2.61 bits per heavy atom. The van der Waals surface area contributed by atoms with E-state index in [1.54, 1.807) is 18.4 Å². The van der Waals surface area contributed by atoms with Crippen molar-refractivity contribution < 1.29 is 4.74 Å². The third-order valence-corrected chi connectivity index (χ3v) is 6.00. The predicted molar refractivity (Wildman–Crippen MR) is 116 cm³/mol. The van der Waals surface area contributed by atoms with Gasteiger partial charge in [0.15, 0.2) is 5.96 Å². The van der Waals surface area contributed by atoms with Crippen LogP contribution in [0.4, 0.5) is 0 Å². The number of rotatable bonds is 8. The number of morpholine rings is 1. The second kappa shape index (κ2) is 11.1. The maximum atomic E-state index is 5.41. The van der Waals surface area contributed by atoms with Crippen LogP contribution < -0.4 is 10.6 Å². The van der Waals surface area contributed by atoms with Crippen molar-refractivity contribution in [3.8, 4) is 0 Å². The normalized spacial score (nSPS) is 15.6. The molecule has 28 heavy (non-hydrogen) atoms. The number of nitrogens with zero attached hydrogens (tertiary/aromatic N) is 3. The molecule has 0 amide bonds. The Bertz CT molecular complexity index is 738. The molecule has 2 heterocycles. The van der Waals surface area contributed by atoms with Gasteiger partial charge in [-0.3, -0.25) is 9.89 Å². The fourth-order valence-electron chi connectivity index (χ4n) is 3.10. The van der Waals surface area contributed by atoms with Crippen molar-refractivity contribution in [2.24, 2.45) is 4.99 Å². The molecular weight excluding hydrogens is 370 g/mol. The van der Waals surface area contributed by atoms with Crippen molar-refractivity contribution in [1.29, 1.82) is 0 Å². The number of benzene rings is 1. The molecule has 3 rings (SSSR count). The first-order valence-corrected chi connectivity index (χ1v) is 10.8.